The van der Waals surface area contributed by atoms with E-state index in [9.17, 15) is 9.59 Å². The molecule has 2 amide bonds. The lowest BCUT2D eigenvalue weighted by Crippen LogP contribution is -2.43. The Morgan fingerprint density at radius 3 is 2.50 bits per heavy atom. The molecule has 5 nitrogen and oxygen atoms in total. The molecular weight excluding hydrogens is 370 g/mol. The SMILES string of the molecule is Cc1ccc(CN(CCc2ccccc2)CC(=O)N(C)CC(=O)NC2CC2)s1. The van der Waals surface area contributed by atoms with Crippen molar-refractivity contribution >= 4 is 23.2 Å². The Hall–Kier alpha value is -2.18. The number of carbonyl (C=O) groups excluding carboxylic acids is 2. The lowest BCUT2D eigenvalue weighted by Gasteiger charge is -2.24. The maximum atomic E-state index is 12.7. The number of nitrogens with zero attached hydrogens (tertiary/aromatic N) is 2. The van der Waals surface area contributed by atoms with Gasteiger partial charge in [0.15, 0.2) is 0 Å². The van der Waals surface area contributed by atoms with Crippen LogP contribution in [-0.4, -0.2) is 54.3 Å². The van der Waals surface area contributed by atoms with Crippen LogP contribution in [0.3, 0.4) is 0 Å². The number of rotatable bonds is 10. The summed E-state index contributed by atoms with van der Waals surface area (Å²) in [5, 5.41) is 2.94. The summed E-state index contributed by atoms with van der Waals surface area (Å²) in [6.07, 6.45) is 3.00. The first-order valence-electron chi connectivity index (χ1n) is 9.84. The van der Waals surface area contributed by atoms with Gasteiger partial charge in [-0.3, -0.25) is 14.5 Å². The summed E-state index contributed by atoms with van der Waals surface area (Å²) in [4.78, 5) is 30.9. The van der Waals surface area contributed by atoms with E-state index in [2.05, 4.69) is 41.4 Å². The van der Waals surface area contributed by atoms with Gasteiger partial charge in [-0.1, -0.05) is 30.3 Å². The number of thiophene rings is 1. The number of benzene rings is 1. The molecule has 1 aromatic carbocycles. The van der Waals surface area contributed by atoms with E-state index in [-0.39, 0.29) is 18.4 Å². The van der Waals surface area contributed by atoms with Gasteiger partial charge in [0.2, 0.25) is 11.8 Å². The van der Waals surface area contributed by atoms with Gasteiger partial charge >= 0.3 is 0 Å². The largest absolute Gasteiger partial charge is 0.352 e. The molecule has 150 valence electrons. The molecule has 28 heavy (non-hydrogen) atoms. The molecular formula is C22H29N3O2S. The smallest absolute Gasteiger partial charge is 0.239 e. The average Bonchev–Trinajstić information content (AvgIpc) is 3.39. The third-order valence-corrected chi connectivity index (χ3v) is 5.83. The van der Waals surface area contributed by atoms with Crippen molar-refractivity contribution in [3.05, 3.63) is 57.8 Å². The minimum Gasteiger partial charge on any atom is -0.352 e. The first-order chi connectivity index (χ1) is 13.5. The average molecular weight is 400 g/mol. The second-order valence-electron chi connectivity index (χ2n) is 7.55. The van der Waals surface area contributed by atoms with Crippen molar-refractivity contribution < 1.29 is 9.59 Å². The summed E-state index contributed by atoms with van der Waals surface area (Å²) in [5.74, 6) is -0.0876. The number of hydrogen-bond donors (Lipinski definition) is 1. The normalized spacial score (nSPS) is 13.5. The first-order valence-corrected chi connectivity index (χ1v) is 10.7. The van der Waals surface area contributed by atoms with Gasteiger partial charge in [-0.2, -0.15) is 0 Å². The van der Waals surface area contributed by atoms with E-state index in [0.717, 1.165) is 32.4 Å². The molecule has 0 bridgehead atoms. The molecule has 1 aromatic heterocycles. The quantitative estimate of drug-likeness (QED) is 0.668. The summed E-state index contributed by atoms with van der Waals surface area (Å²) in [5.41, 5.74) is 1.26. The number of hydrogen-bond acceptors (Lipinski definition) is 4. The van der Waals surface area contributed by atoms with Gasteiger partial charge in [-0.05, 0) is 43.9 Å². The highest BCUT2D eigenvalue weighted by Crippen LogP contribution is 2.19. The third-order valence-electron chi connectivity index (χ3n) is 4.84. The van der Waals surface area contributed by atoms with Crippen LogP contribution in [0.5, 0.6) is 0 Å². The Morgan fingerprint density at radius 1 is 1.11 bits per heavy atom. The molecule has 0 spiro atoms. The highest BCUT2D eigenvalue weighted by Gasteiger charge is 2.24. The number of carbonyl (C=O) groups is 2. The monoisotopic (exact) mass is 399 g/mol. The van der Waals surface area contributed by atoms with Gasteiger partial charge in [-0.15, -0.1) is 11.3 Å². The molecule has 0 unspecified atom stereocenters. The van der Waals surface area contributed by atoms with Crippen LogP contribution in [0.15, 0.2) is 42.5 Å². The molecule has 3 rings (SSSR count). The molecule has 1 heterocycles. The molecule has 1 saturated carbocycles. The summed E-state index contributed by atoms with van der Waals surface area (Å²) >= 11 is 1.77. The van der Waals surface area contributed by atoms with Crippen LogP contribution in [-0.2, 0) is 22.6 Å². The van der Waals surface area contributed by atoms with E-state index in [4.69, 9.17) is 0 Å². The van der Waals surface area contributed by atoms with Crippen molar-refractivity contribution in [1.82, 2.24) is 15.1 Å². The van der Waals surface area contributed by atoms with E-state index in [1.165, 1.54) is 20.2 Å². The number of aryl methyl sites for hydroxylation is 1. The molecule has 2 aromatic rings. The number of amides is 2. The number of nitrogens with one attached hydrogen (secondary N) is 1. The summed E-state index contributed by atoms with van der Waals surface area (Å²) < 4.78 is 0. The molecule has 0 aliphatic heterocycles. The fourth-order valence-corrected chi connectivity index (χ4v) is 3.99. The second kappa shape index (κ2) is 9.85. The molecule has 0 saturated heterocycles. The molecule has 0 radical (unpaired) electrons. The van der Waals surface area contributed by atoms with Crippen molar-refractivity contribution in [3.63, 3.8) is 0 Å². The van der Waals surface area contributed by atoms with Crippen LogP contribution in [0.4, 0.5) is 0 Å². The van der Waals surface area contributed by atoms with Crippen molar-refractivity contribution in [2.75, 3.05) is 26.7 Å². The Kier molecular flexibility index (Phi) is 7.23. The predicted octanol–water partition coefficient (Wildman–Crippen LogP) is 2.84. The van der Waals surface area contributed by atoms with E-state index in [1.807, 2.05) is 18.2 Å². The molecule has 1 N–H and O–H groups in total. The summed E-state index contributed by atoms with van der Waals surface area (Å²) in [7, 11) is 1.71. The van der Waals surface area contributed by atoms with Gasteiger partial charge in [0.05, 0.1) is 13.1 Å². The zero-order chi connectivity index (χ0) is 19.9. The Morgan fingerprint density at radius 2 is 1.86 bits per heavy atom. The van der Waals surface area contributed by atoms with Crippen molar-refractivity contribution in [1.29, 1.82) is 0 Å². The summed E-state index contributed by atoms with van der Waals surface area (Å²) in [6, 6.07) is 14.9. The molecule has 6 heteroatoms. The van der Waals surface area contributed by atoms with Gasteiger partial charge in [0.1, 0.15) is 0 Å². The Balaban J connectivity index is 1.56. The van der Waals surface area contributed by atoms with Gasteiger partial charge < -0.3 is 10.2 Å². The zero-order valence-corrected chi connectivity index (χ0v) is 17.5. The Bertz CT molecular complexity index is 786. The van der Waals surface area contributed by atoms with E-state index < -0.39 is 0 Å². The highest BCUT2D eigenvalue weighted by molar-refractivity contribution is 7.11. The van der Waals surface area contributed by atoms with E-state index in [1.54, 1.807) is 18.4 Å². The minimum absolute atomic E-state index is 0.0210. The first kappa shape index (κ1) is 20.6. The molecule has 1 aliphatic rings. The van der Waals surface area contributed by atoms with Gasteiger partial charge in [0.25, 0.3) is 0 Å². The maximum Gasteiger partial charge on any atom is 0.239 e. The highest BCUT2D eigenvalue weighted by atomic mass is 32.1. The fraction of sp³-hybridized carbons (Fsp3) is 0.455. The van der Waals surface area contributed by atoms with Crippen LogP contribution >= 0.6 is 11.3 Å². The van der Waals surface area contributed by atoms with Gasteiger partial charge in [-0.25, -0.2) is 0 Å². The lowest BCUT2D eigenvalue weighted by molar-refractivity contribution is -0.135. The zero-order valence-electron chi connectivity index (χ0n) is 16.7. The standard InChI is InChI=1S/C22H29N3O2S/c1-17-8-11-20(28-17)14-25(13-12-18-6-4-3-5-7-18)16-22(27)24(2)15-21(26)23-19-9-10-19/h3-8,11,19H,9-10,12-16H2,1-2H3,(H,23,26). The molecule has 0 atom stereocenters. The summed E-state index contributed by atoms with van der Waals surface area (Å²) in [6.45, 7) is 4.09. The second-order valence-corrected chi connectivity index (χ2v) is 8.92. The van der Waals surface area contributed by atoms with E-state index >= 15 is 0 Å². The van der Waals surface area contributed by atoms with E-state index in [0.29, 0.717) is 12.6 Å². The minimum atomic E-state index is -0.0666. The topological polar surface area (TPSA) is 52.7 Å². The van der Waals surface area contributed by atoms with Crippen LogP contribution in [0, 0.1) is 6.92 Å². The molecule has 1 aliphatic carbocycles. The maximum absolute atomic E-state index is 12.7. The fourth-order valence-electron chi connectivity index (χ4n) is 3.05. The van der Waals surface area contributed by atoms with Crippen LogP contribution < -0.4 is 5.32 Å². The van der Waals surface area contributed by atoms with Crippen molar-refractivity contribution in [3.8, 4) is 0 Å². The third kappa shape index (κ3) is 6.77. The molecule has 1 fully saturated rings. The van der Waals surface area contributed by atoms with Crippen molar-refractivity contribution in [2.45, 2.75) is 38.8 Å². The number of likely N-dealkylation sites (N-methyl/N-ethyl adjacent to an activating group) is 1. The van der Waals surface area contributed by atoms with Crippen LogP contribution in [0.1, 0.15) is 28.2 Å². The van der Waals surface area contributed by atoms with Crippen LogP contribution in [0.2, 0.25) is 0 Å². The lowest BCUT2D eigenvalue weighted by atomic mass is 10.1. The predicted molar refractivity (Wildman–Crippen MR) is 113 cm³/mol. The van der Waals surface area contributed by atoms with Crippen LogP contribution in [0.25, 0.3) is 0 Å². The Labute approximate surface area is 171 Å². The van der Waals surface area contributed by atoms with Gasteiger partial charge in [0, 0.05) is 35.9 Å². The van der Waals surface area contributed by atoms with Crippen molar-refractivity contribution in [2.24, 2.45) is 0 Å².